The van der Waals surface area contributed by atoms with Crippen molar-refractivity contribution in [3.63, 3.8) is 0 Å². The third kappa shape index (κ3) is 4.80. The second-order valence-corrected chi connectivity index (χ2v) is 6.31. The Kier molecular flexibility index (Phi) is 6.21. The summed E-state index contributed by atoms with van der Waals surface area (Å²) in [5.74, 6) is 0.627. The number of halogens is 3. The second-order valence-electron chi connectivity index (χ2n) is 4.54. The molecule has 2 aromatic rings. The van der Waals surface area contributed by atoms with Crippen molar-refractivity contribution in [3.05, 3.63) is 62.3 Å². The Bertz CT molecular complexity index is 619. The topological polar surface area (TPSA) is 21.3 Å². The molecule has 0 saturated heterocycles. The average Bonchev–Trinajstić information content (AvgIpc) is 2.42. The smallest absolute Gasteiger partial charge is 0.138 e. The molecule has 0 aliphatic rings. The van der Waals surface area contributed by atoms with Gasteiger partial charge in [0.25, 0.3) is 0 Å². The van der Waals surface area contributed by atoms with Gasteiger partial charge in [0.1, 0.15) is 11.6 Å². The average molecular weight is 417 g/mol. The van der Waals surface area contributed by atoms with Gasteiger partial charge in [-0.2, -0.15) is 0 Å². The molecule has 0 bridgehead atoms. The van der Waals surface area contributed by atoms with Gasteiger partial charge in [0.2, 0.25) is 0 Å². The van der Waals surface area contributed by atoms with Gasteiger partial charge < -0.3 is 10.1 Å². The number of hydrogen-bond donors (Lipinski definition) is 1. The molecule has 0 atom stereocenters. The molecule has 0 aliphatic carbocycles. The summed E-state index contributed by atoms with van der Waals surface area (Å²) in [6.07, 6.45) is 0. The van der Waals surface area contributed by atoms with E-state index < -0.39 is 0 Å². The standard InChI is InChI=1S/C16H16Br2FNO/c1-2-21-16-12(7-13(17)8-15(16)18)10-20-9-11-4-3-5-14(19)6-11/h3-8,20H,2,9-10H2,1H3. The van der Waals surface area contributed by atoms with Crippen LogP contribution in [0.1, 0.15) is 18.1 Å². The lowest BCUT2D eigenvalue weighted by molar-refractivity contribution is 0.333. The summed E-state index contributed by atoms with van der Waals surface area (Å²) in [6.45, 7) is 3.81. The first kappa shape index (κ1) is 16.5. The second kappa shape index (κ2) is 7.92. The van der Waals surface area contributed by atoms with Gasteiger partial charge in [-0.1, -0.05) is 28.1 Å². The van der Waals surface area contributed by atoms with Gasteiger partial charge >= 0.3 is 0 Å². The van der Waals surface area contributed by atoms with Crippen molar-refractivity contribution in [2.45, 2.75) is 20.0 Å². The van der Waals surface area contributed by atoms with Crippen LogP contribution in [0.2, 0.25) is 0 Å². The van der Waals surface area contributed by atoms with Crippen molar-refractivity contribution in [1.29, 1.82) is 0 Å². The summed E-state index contributed by atoms with van der Waals surface area (Å²) in [6, 6.07) is 10.6. The van der Waals surface area contributed by atoms with Gasteiger partial charge in [0.15, 0.2) is 0 Å². The Balaban J connectivity index is 2.05. The predicted octanol–water partition coefficient (Wildman–Crippen LogP) is 5.04. The van der Waals surface area contributed by atoms with Gasteiger partial charge in [-0.3, -0.25) is 0 Å². The Morgan fingerprint density at radius 2 is 1.95 bits per heavy atom. The monoisotopic (exact) mass is 415 g/mol. The molecule has 0 spiro atoms. The van der Waals surface area contributed by atoms with Crippen LogP contribution in [0.4, 0.5) is 4.39 Å². The highest BCUT2D eigenvalue weighted by Crippen LogP contribution is 2.33. The zero-order valence-corrected chi connectivity index (χ0v) is 14.8. The molecule has 112 valence electrons. The normalized spacial score (nSPS) is 10.7. The Morgan fingerprint density at radius 1 is 1.14 bits per heavy atom. The quantitative estimate of drug-likeness (QED) is 0.712. The van der Waals surface area contributed by atoms with Crippen LogP contribution in [0.3, 0.4) is 0 Å². The summed E-state index contributed by atoms with van der Waals surface area (Å²) in [5, 5.41) is 3.31. The van der Waals surface area contributed by atoms with E-state index in [-0.39, 0.29) is 5.82 Å². The van der Waals surface area contributed by atoms with Gasteiger partial charge in [-0.05, 0) is 52.7 Å². The summed E-state index contributed by atoms with van der Waals surface area (Å²) < 4.78 is 20.7. The minimum absolute atomic E-state index is 0.213. The van der Waals surface area contributed by atoms with Crippen molar-refractivity contribution in [2.75, 3.05) is 6.61 Å². The summed E-state index contributed by atoms with van der Waals surface area (Å²) >= 11 is 6.99. The van der Waals surface area contributed by atoms with Gasteiger partial charge in [0, 0.05) is 23.1 Å². The van der Waals surface area contributed by atoms with Gasteiger partial charge in [-0.15, -0.1) is 0 Å². The lowest BCUT2D eigenvalue weighted by Gasteiger charge is -2.14. The summed E-state index contributed by atoms with van der Waals surface area (Å²) in [4.78, 5) is 0. The zero-order chi connectivity index (χ0) is 15.2. The fraction of sp³-hybridized carbons (Fsp3) is 0.250. The van der Waals surface area contributed by atoms with E-state index in [1.54, 1.807) is 6.07 Å². The molecule has 0 radical (unpaired) electrons. The first-order valence-corrected chi connectivity index (χ1v) is 8.24. The molecule has 2 aromatic carbocycles. The fourth-order valence-electron chi connectivity index (χ4n) is 2.04. The third-order valence-corrected chi connectivity index (χ3v) is 3.95. The minimum Gasteiger partial charge on any atom is -0.492 e. The molecule has 0 amide bonds. The highest BCUT2D eigenvalue weighted by Gasteiger charge is 2.09. The molecule has 2 rings (SSSR count). The van der Waals surface area contributed by atoms with Crippen molar-refractivity contribution < 1.29 is 9.13 Å². The van der Waals surface area contributed by atoms with Gasteiger partial charge in [0.05, 0.1) is 11.1 Å². The number of rotatable bonds is 6. The van der Waals surface area contributed by atoms with Crippen LogP contribution >= 0.6 is 31.9 Å². The first-order chi connectivity index (χ1) is 10.1. The number of nitrogens with one attached hydrogen (secondary N) is 1. The number of hydrogen-bond acceptors (Lipinski definition) is 2. The molecule has 5 heteroatoms. The van der Waals surface area contributed by atoms with E-state index in [2.05, 4.69) is 37.2 Å². The van der Waals surface area contributed by atoms with Crippen molar-refractivity contribution in [2.24, 2.45) is 0 Å². The van der Waals surface area contributed by atoms with Crippen LogP contribution in [0, 0.1) is 5.82 Å². The van der Waals surface area contributed by atoms with Crippen LogP contribution in [0.5, 0.6) is 5.75 Å². The van der Waals surface area contributed by atoms with E-state index in [1.807, 2.05) is 25.1 Å². The zero-order valence-electron chi connectivity index (χ0n) is 11.6. The lowest BCUT2D eigenvalue weighted by atomic mass is 10.2. The minimum atomic E-state index is -0.213. The maximum absolute atomic E-state index is 13.1. The highest BCUT2D eigenvalue weighted by molar-refractivity contribution is 9.11. The van der Waals surface area contributed by atoms with Crippen molar-refractivity contribution >= 4 is 31.9 Å². The van der Waals surface area contributed by atoms with E-state index in [0.717, 1.165) is 25.8 Å². The number of ether oxygens (including phenoxy) is 1. The summed E-state index contributed by atoms with van der Waals surface area (Å²) in [7, 11) is 0. The Labute approximate surface area is 141 Å². The SMILES string of the molecule is CCOc1c(Br)cc(Br)cc1CNCc1cccc(F)c1. The van der Waals surface area contributed by atoms with E-state index in [4.69, 9.17) is 4.74 Å². The molecule has 0 aromatic heterocycles. The predicted molar refractivity (Wildman–Crippen MR) is 90.0 cm³/mol. The van der Waals surface area contributed by atoms with Crippen LogP contribution in [-0.4, -0.2) is 6.61 Å². The molecule has 0 saturated carbocycles. The number of benzene rings is 2. The fourth-order valence-corrected chi connectivity index (χ4v) is 3.47. The van der Waals surface area contributed by atoms with Crippen LogP contribution in [0.25, 0.3) is 0 Å². The molecule has 1 N–H and O–H groups in total. The van der Waals surface area contributed by atoms with Crippen LogP contribution in [0.15, 0.2) is 45.3 Å². The maximum Gasteiger partial charge on any atom is 0.138 e. The Hall–Kier alpha value is -0.910. The molecule has 21 heavy (non-hydrogen) atoms. The Morgan fingerprint density at radius 3 is 2.67 bits per heavy atom. The molecular formula is C16H16Br2FNO. The first-order valence-electron chi connectivity index (χ1n) is 6.66. The maximum atomic E-state index is 13.1. The largest absolute Gasteiger partial charge is 0.492 e. The van der Waals surface area contributed by atoms with E-state index in [1.165, 1.54) is 12.1 Å². The lowest BCUT2D eigenvalue weighted by Crippen LogP contribution is -2.14. The molecule has 0 fully saturated rings. The molecule has 0 heterocycles. The van der Waals surface area contributed by atoms with Crippen molar-refractivity contribution in [1.82, 2.24) is 5.32 Å². The van der Waals surface area contributed by atoms with E-state index >= 15 is 0 Å². The van der Waals surface area contributed by atoms with Gasteiger partial charge in [-0.25, -0.2) is 4.39 Å². The molecular weight excluding hydrogens is 401 g/mol. The molecule has 0 unspecified atom stereocenters. The van der Waals surface area contributed by atoms with Crippen LogP contribution in [-0.2, 0) is 13.1 Å². The molecule has 0 aliphatic heterocycles. The molecule has 2 nitrogen and oxygen atoms in total. The van der Waals surface area contributed by atoms with E-state index in [9.17, 15) is 4.39 Å². The third-order valence-electron chi connectivity index (χ3n) is 2.91. The van der Waals surface area contributed by atoms with Crippen molar-refractivity contribution in [3.8, 4) is 5.75 Å². The summed E-state index contributed by atoms with van der Waals surface area (Å²) in [5.41, 5.74) is 1.97. The van der Waals surface area contributed by atoms with Crippen LogP contribution < -0.4 is 10.1 Å². The highest BCUT2D eigenvalue weighted by atomic mass is 79.9. The van der Waals surface area contributed by atoms with E-state index in [0.29, 0.717) is 19.7 Å².